The number of hydrogen-bond acceptors (Lipinski definition) is 5. The number of carbonyl (C=O) groups excluding carboxylic acids is 2. The van der Waals surface area contributed by atoms with Crippen molar-refractivity contribution in [2.45, 2.75) is 51.6 Å². The fourth-order valence-corrected chi connectivity index (χ4v) is 3.44. The average Bonchev–Trinajstić information content (AvgIpc) is 3.34. The van der Waals surface area contributed by atoms with Gasteiger partial charge in [0, 0.05) is 25.0 Å². The van der Waals surface area contributed by atoms with Crippen LogP contribution >= 0.6 is 0 Å². The smallest absolute Gasteiger partial charge is 0.374 e. The summed E-state index contributed by atoms with van der Waals surface area (Å²) in [7, 11) is 0. The predicted octanol–water partition coefficient (Wildman–Crippen LogP) is 2.86. The minimum Gasteiger partial charge on any atom is -0.452 e. The summed E-state index contributed by atoms with van der Waals surface area (Å²) in [5, 5.41) is 4.09. The first-order valence-electron chi connectivity index (χ1n) is 9.20. The van der Waals surface area contributed by atoms with Gasteiger partial charge >= 0.3 is 5.97 Å². The first kappa shape index (κ1) is 18.2. The number of nitrogens with zero attached hydrogens (tertiary/aromatic N) is 3. The highest BCUT2D eigenvalue weighted by atomic mass is 16.5. The minimum absolute atomic E-state index is 0.0978. The maximum absolute atomic E-state index is 12.4. The monoisotopic (exact) mass is 359 g/mol. The third kappa shape index (κ3) is 4.53. The maximum Gasteiger partial charge on any atom is 0.374 e. The van der Waals surface area contributed by atoms with Gasteiger partial charge in [-0.3, -0.25) is 9.48 Å². The molecule has 0 saturated heterocycles. The Morgan fingerprint density at radius 3 is 2.81 bits per heavy atom. The number of likely N-dealkylation sites (N-methyl/N-ethyl adjacent to an activating group) is 1. The first-order valence-corrected chi connectivity index (χ1v) is 9.20. The first-order chi connectivity index (χ1) is 12.7. The molecule has 2 aromatic rings. The second kappa shape index (κ2) is 8.69. The molecule has 0 aromatic carbocycles. The molecule has 1 aliphatic carbocycles. The van der Waals surface area contributed by atoms with Gasteiger partial charge in [-0.1, -0.05) is 19.3 Å². The van der Waals surface area contributed by atoms with Crippen molar-refractivity contribution in [3.8, 4) is 0 Å². The highest BCUT2D eigenvalue weighted by molar-refractivity contribution is 5.88. The topological polar surface area (TPSA) is 77.6 Å². The highest BCUT2D eigenvalue weighted by Gasteiger charge is 2.25. The van der Waals surface area contributed by atoms with Crippen molar-refractivity contribution < 1.29 is 18.7 Å². The molecule has 0 bridgehead atoms. The third-order valence-electron chi connectivity index (χ3n) is 4.74. The normalized spacial score (nSPS) is 15.0. The molecule has 140 valence electrons. The number of esters is 1. The predicted molar refractivity (Wildman–Crippen MR) is 94.6 cm³/mol. The van der Waals surface area contributed by atoms with E-state index in [1.807, 2.05) is 24.1 Å². The molecule has 2 heterocycles. The molecule has 0 N–H and O–H groups in total. The summed E-state index contributed by atoms with van der Waals surface area (Å²) < 4.78 is 12.4. The Bertz CT molecular complexity index is 717. The van der Waals surface area contributed by atoms with Crippen LogP contribution in [0.25, 0.3) is 0 Å². The van der Waals surface area contributed by atoms with Crippen LogP contribution in [-0.2, 0) is 16.1 Å². The summed E-state index contributed by atoms with van der Waals surface area (Å²) in [6, 6.07) is 5.35. The highest BCUT2D eigenvalue weighted by Crippen LogP contribution is 2.22. The van der Waals surface area contributed by atoms with E-state index in [-0.39, 0.29) is 24.3 Å². The summed E-state index contributed by atoms with van der Waals surface area (Å²) in [5.74, 6) is -0.0640. The lowest BCUT2D eigenvalue weighted by Crippen LogP contribution is -2.43. The van der Waals surface area contributed by atoms with Crippen molar-refractivity contribution in [3.63, 3.8) is 0 Å². The molecule has 7 nitrogen and oxygen atoms in total. The summed E-state index contributed by atoms with van der Waals surface area (Å²) in [5.41, 5.74) is 0. The van der Waals surface area contributed by atoms with E-state index in [1.165, 1.54) is 6.42 Å². The average molecular weight is 359 g/mol. The van der Waals surface area contributed by atoms with Crippen LogP contribution in [0.5, 0.6) is 0 Å². The Balaban J connectivity index is 1.51. The lowest BCUT2D eigenvalue weighted by Gasteiger charge is -2.33. The van der Waals surface area contributed by atoms with E-state index in [2.05, 4.69) is 5.10 Å². The zero-order chi connectivity index (χ0) is 18.4. The van der Waals surface area contributed by atoms with E-state index in [0.29, 0.717) is 18.8 Å². The Morgan fingerprint density at radius 2 is 2.12 bits per heavy atom. The van der Waals surface area contributed by atoms with Gasteiger partial charge in [0.2, 0.25) is 5.76 Å². The van der Waals surface area contributed by atoms with Gasteiger partial charge in [0.05, 0.1) is 6.54 Å². The summed E-state index contributed by atoms with van der Waals surface area (Å²) in [6.07, 6.45) is 9.08. The van der Waals surface area contributed by atoms with Crippen LogP contribution in [0.2, 0.25) is 0 Å². The number of hydrogen-bond donors (Lipinski definition) is 0. The van der Waals surface area contributed by atoms with Crippen molar-refractivity contribution in [1.29, 1.82) is 0 Å². The number of rotatable bonds is 7. The van der Waals surface area contributed by atoms with E-state index in [4.69, 9.17) is 9.15 Å². The summed E-state index contributed by atoms with van der Waals surface area (Å²) >= 11 is 0. The van der Waals surface area contributed by atoms with Crippen LogP contribution in [-0.4, -0.2) is 45.8 Å². The Labute approximate surface area is 152 Å². The van der Waals surface area contributed by atoms with E-state index < -0.39 is 5.97 Å². The molecule has 0 atom stereocenters. The van der Waals surface area contributed by atoms with Crippen LogP contribution < -0.4 is 0 Å². The molecule has 0 spiro atoms. The van der Waals surface area contributed by atoms with Crippen molar-refractivity contribution in [2.75, 3.05) is 13.2 Å². The molecule has 0 unspecified atom stereocenters. The van der Waals surface area contributed by atoms with Gasteiger partial charge in [-0.25, -0.2) is 4.79 Å². The van der Waals surface area contributed by atoms with Crippen LogP contribution in [0.1, 0.15) is 55.3 Å². The molecule has 0 radical (unpaired) electrons. The summed E-state index contributed by atoms with van der Waals surface area (Å²) in [4.78, 5) is 26.4. The van der Waals surface area contributed by atoms with Crippen molar-refractivity contribution in [3.05, 3.63) is 42.1 Å². The number of ether oxygens (including phenoxy) is 1. The molecule has 1 fully saturated rings. The van der Waals surface area contributed by atoms with Gasteiger partial charge < -0.3 is 14.1 Å². The number of amides is 1. The van der Waals surface area contributed by atoms with E-state index in [0.717, 1.165) is 25.7 Å². The quantitative estimate of drug-likeness (QED) is 0.711. The minimum atomic E-state index is -0.621. The molecular weight excluding hydrogens is 334 g/mol. The third-order valence-corrected chi connectivity index (χ3v) is 4.74. The second-order valence-corrected chi connectivity index (χ2v) is 6.52. The summed E-state index contributed by atoms with van der Waals surface area (Å²) in [6.45, 7) is 2.78. The Kier molecular flexibility index (Phi) is 6.09. The fraction of sp³-hybridized carbons (Fsp3) is 0.526. The van der Waals surface area contributed by atoms with Gasteiger partial charge in [-0.05, 0) is 38.0 Å². The van der Waals surface area contributed by atoms with Crippen molar-refractivity contribution in [2.24, 2.45) is 0 Å². The second-order valence-electron chi connectivity index (χ2n) is 6.52. The number of furan rings is 1. The maximum atomic E-state index is 12.4. The van der Waals surface area contributed by atoms with Crippen LogP contribution in [0.15, 0.2) is 35.0 Å². The Hall–Kier alpha value is -2.57. The fourth-order valence-electron chi connectivity index (χ4n) is 3.44. The zero-order valence-corrected chi connectivity index (χ0v) is 15.1. The van der Waals surface area contributed by atoms with Crippen molar-refractivity contribution in [1.82, 2.24) is 14.7 Å². The molecule has 3 rings (SSSR count). The van der Waals surface area contributed by atoms with Gasteiger partial charge in [0.15, 0.2) is 6.61 Å². The van der Waals surface area contributed by atoms with Gasteiger partial charge in [-0.2, -0.15) is 5.10 Å². The molecule has 26 heavy (non-hydrogen) atoms. The van der Waals surface area contributed by atoms with Crippen LogP contribution in [0.4, 0.5) is 0 Å². The number of aromatic nitrogens is 2. The van der Waals surface area contributed by atoms with Crippen LogP contribution in [0.3, 0.4) is 0 Å². The SMILES string of the molecule is CCN(C(=O)COC(=O)c1ccc(Cn2cccn2)o1)C1CCCCC1. The standard InChI is InChI=1S/C19H25N3O4/c1-2-22(15-7-4-3-5-8-15)18(23)14-25-19(24)17-10-9-16(26-17)13-21-12-6-11-20-21/h6,9-12,15H,2-5,7-8,13-14H2,1H3. The van der Waals surface area contributed by atoms with Gasteiger partial charge in [0.25, 0.3) is 5.91 Å². The van der Waals surface area contributed by atoms with Crippen LogP contribution in [0, 0.1) is 0 Å². The molecular formula is C19H25N3O4. The molecule has 7 heteroatoms. The van der Waals surface area contributed by atoms with E-state index in [1.54, 1.807) is 23.0 Å². The largest absolute Gasteiger partial charge is 0.452 e. The molecule has 0 aliphatic heterocycles. The zero-order valence-electron chi connectivity index (χ0n) is 15.1. The lowest BCUT2D eigenvalue weighted by atomic mass is 9.94. The molecule has 1 amide bonds. The van der Waals surface area contributed by atoms with Gasteiger partial charge in [0.1, 0.15) is 5.76 Å². The van der Waals surface area contributed by atoms with E-state index >= 15 is 0 Å². The Morgan fingerprint density at radius 1 is 1.31 bits per heavy atom. The van der Waals surface area contributed by atoms with Crippen molar-refractivity contribution >= 4 is 11.9 Å². The van der Waals surface area contributed by atoms with Gasteiger partial charge in [-0.15, -0.1) is 0 Å². The van der Waals surface area contributed by atoms with E-state index in [9.17, 15) is 9.59 Å². The molecule has 2 aromatic heterocycles. The number of carbonyl (C=O) groups is 2. The molecule has 1 aliphatic rings. The molecule has 1 saturated carbocycles. The lowest BCUT2D eigenvalue weighted by molar-refractivity contribution is -0.137.